The fraction of sp³-hybridized carbons (Fsp3) is 0.263. The predicted octanol–water partition coefficient (Wildman–Crippen LogP) is 8.67. The van der Waals surface area contributed by atoms with Crippen LogP contribution in [0, 0.1) is 0 Å². The van der Waals surface area contributed by atoms with E-state index in [9.17, 15) is 0 Å². The molecule has 0 saturated carbocycles. The van der Waals surface area contributed by atoms with Crippen LogP contribution in [0.15, 0.2) is 109 Å². The van der Waals surface area contributed by atoms with Crippen LogP contribution >= 0.6 is 0 Å². The molecule has 212 valence electrons. The van der Waals surface area contributed by atoms with E-state index in [1.807, 2.05) is 0 Å². The predicted molar refractivity (Wildman–Crippen MR) is 171 cm³/mol. The number of rotatable bonds is 2. The van der Waals surface area contributed by atoms with Crippen LogP contribution in [0.5, 0.6) is 0 Å². The molecule has 0 fully saturated rings. The third-order valence-electron chi connectivity index (χ3n) is 10.3. The first-order valence-corrected chi connectivity index (χ1v) is 15.0. The molecule has 2 aromatic carbocycles. The molecule has 0 spiro atoms. The van der Waals surface area contributed by atoms with Crippen molar-refractivity contribution in [2.45, 2.75) is 63.2 Å². The Labute approximate surface area is 248 Å². The van der Waals surface area contributed by atoms with Gasteiger partial charge in [-0.05, 0) is 101 Å². The highest BCUT2D eigenvalue weighted by Crippen LogP contribution is 2.44. The van der Waals surface area contributed by atoms with E-state index in [-0.39, 0.29) is 10.8 Å². The van der Waals surface area contributed by atoms with Crippen molar-refractivity contribution in [3.8, 4) is 0 Å². The third kappa shape index (κ3) is 3.67. The second-order valence-corrected chi connectivity index (χ2v) is 13.4. The molecule has 4 heteroatoms. The minimum Gasteiger partial charge on any atom is -0.360 e. The zero-order valence-electron chi connectivity index (χ0n) is 25.4. The summed E-state index contributed by atoms with van der Waals surface area (Å²) in [6.45, 7) is 13.8. The lowest BCUT2D eigenvalue weighted by atomic mass is 9.77. The molecule has 0 saturated heterocycles. The molecule has 1 aliphatic heterocycles. The minimum atomic E-state index is -0.394. The van der Waals surface area contributed by atoms with E-state index in [2.05, 4.69) is 171 Å². The summed E-state index contributed by atoms with van der Waals surface area (Å²) < 4.78 is 0. The Balaban J connectivity index is 1.51. The second kappa shape index (κ2) is 9.03. The molecule has 0 atom stereocenters. The molecule has 8 bridgehead atoms. The van der Waals surface area contributed by atoms with Crippen molar-refractivity contribution in [2.75, 3.05) is 0 Å². The normalized spacial score (nSPS) is 22.6. The van der Waals surface area contributed by atoms with Crippen molar-refractivity contribution in [3.05, 3.63) is 166 Å². The molecule has 0 aliphatic carbocycles. The van der Waals surface area contributed by atoms with Crippen molar-refractivity contribution in [3.63, 3.8) is 0 Å². The maximum Gasteiger partial charge on any atom is 0.0723 e. The molecular weight excluding hydrogens is 512 g/mol. The van der Waals surface area contributed by atoms with Gasteiger partial charge in [-0.25, -0.2) is 0 Å². The summed E-state index contributed by atoms with van der Waals surface area (Å²) in [5.41, 5.74) is 10.5. The van der Waals surface area contributed by atoms with E-state index in [0.717, 1.165) is 22.8 Å². The Bertz CT molecular complexity index is 1630. The SMILES string of the molecule is CC1(C)c2ccc([nH]2)C(C)(c2ccccc2)c2ccc([nH]2)C(C)(C)c2ccc([nH]2)C(C)(c2ccccc2)c2ccc1[nH]2. The number of hydrogen-bond donors (Lipinski definition) is 4. The summed E-state index contributed by atoms with van der Waals surface area (Å²) in [4.78, 5) is 15.6. The molecule has 7 rings (SSSR count). The van der Waals surface area contributed by atoms with E-state index in [4.69, 9.17) is 0 Å². The van der Waals surface area contributed by atoms with Gasteiger partial charge in [-0.3, -0.25) is 0 Å². The molecule has 0 unspecified atom stereocenters. The standard InChI is InChI=1S/C38H40N4/c1-35(2)27-17-21-31(39-27)37(5,25-13-9-7-10-14-25)33-23-19-29(41-33)36(3,4)30-20-24-34(42-30)38(6,26-15-11-8-12-16-26)32-22-18-28(35)40-32/h7-24,39-42H,1-6H3. The number of hydrogen-bond acceptors (Lipinski definition) is 0. The van der Waals surface area contributed by atoms with Crippen LogP contribution in [0.3, 0.4) is 0 Å². The molecule has 1 aliphatic rings. The van der Waals surface area contributed by atoms with E-state index < -0.39 is 10.8 Å². The average Bonchev–Trinajstić information content (AvgIpc) is 3.83. The van der Waals surface area contributed by atoms with Crippen LogP contribution < -0.4 is 0 Å². The highest BCUT2D eigenvalue weighted by atomic mass is 14.9. The fourth-order valence-corrected chi connectivity index (χ4v) is 6.95. The molecular formula is C38H40N4. The quantitative estimate of drug-likeness (QED) is 0.166. The Morgan fingerprint density at radius 1 is 0.310 bits per heavy atom. The first kappa shape index (κ1) is 26.5. The number of fused-ring (bicyclic) bond motifs is 8. The first-order valence-electron chi connectivity index (χ1n) is 15.0. The van der Waals surface area contributed by atoms with Gasteiger partial charge >= 0.3 is 0 Å². The topological polar surface area (TPSA) is 63.2 Å². The minimum absolute atomic E-state index is 0.271. The lowest BCUT2D eigenvalue weighted by Gasteiger charge is -2.32. The third-order valence-corrected chi connectivity index (χ3v) is 10.3. The van der Waals surface area contributed by atoms with Gasteiger partial charge in [0.2, 0.25) is 0 Å². The highest BCUT2D eigenvalue weighted by Gasteiger charge is 2.40. The van der Waals surface area contributed by atoms with Crippen LogP contribution in [-0.2, 0) is 21.7 Å². The molecule has 6 aromatic rings. The van der Waals surface area contributed by atoms with Gasteiger partial charge in [-0.1, -0.05) is 60.7 Å². The zero-order valence-corrected chi connectivity index (χ0v) is 25.4. The van der Waals surface area contributed by atoms with Gasteiger partial charge in [-0.15, -0.1) is 0 Å². The van der Waals surface area contributed by atoms with E-state index >= 15 is 0 Å². The highest BCUT2D eigenvalue weighted by molar-refractivity contribution is 5.51. The van der Waals surface area contributed by atoms with Crippen molar-refractivity contribution < 1.29 is 0 Å². The van der Waals surface area contributed by atoms with Crippen LogP contribution in [-0.4, -0.2) is 19.9 Å². The van der Waals surface area contributed by atoms with Gasteiger partial charge in [0.05, 0.1) is 10.8 Å². The Hall–Kier alpha value is -4.44. The lowest BCUT2D eigenvalue weighted by Crippen LogP contribution is -2.29. The van der Waals surface area contributed by atoms with Crippen molar-refractivity contribution in [1.82, 2.24) is 19.9 Å². The number of nitrogens with one attached hydrogen (secondary N) is 4. The zero-order chi connectivity index (χ0) is 29.3. The van der Waals surface area contributed by atoms with Crippen LogP contribution in [0.1, 0.15) is 98.2 Å². The fourth-order valence-electron chi connectivity index (χ4n) is 6.95. The maximum absolute atomic E-state index is 3.90. The number of benzene rings is 2. The summed E-state index contributed by atoms with van der Waals surface area (Å²) >= 11 is 0. The maximum atomic E-state index is 3.90. The Kier molecular flexibility index (Phi) is 5.69. The van der Waals surface area contributed by atoms with Crippen molar-refractivity contribution in [2.24, 2.45) is 0 Å². The molecule has 0 amide bonds. The summed E-state index contributed by atoms with van der Waals surface area (Å²) in [7, 11) is 0. The monoisotopic (exact) mass is 552 g/mol. The van der Waals surface area contributed by atoms with Crippen molar-refractivity contribution in [1.29, 1.82) is 0 Å². The van der Waals surface area contributed by atoms with E-state index in [1.54, 1.807) is 0 Å². The second-order valence-electron chi connectivity index (χ2n) is 13.4. The lowest BCUT2D eigenvalue weighted by molar-refractivity contribution is 0.563. The molecule has 42 heavy (non-hydrogen) atoms. The molecule has 0 radical (unpaired) electrons. The van der Waals surface area contributed by atoms with E-state index in [0.29, 0.717) is 0 Å². The first-order chi connectivity index (χ1) is 20.1. The molecule has 4 aromatic heterocycles. The molecule has 4 nitrogen and oxygen atoms in total. The van der Waals surface area contributed by atoms with Crippen LogP contribution in [0.2, 0.25) is 0 Å². The molecule has 4 N–H and O–H groups in total. The van der Waals surface area contributed by atoms with Gasteiger partial charge in [-0.2, -0.15) is 0 Å². The smallest absolute Gasteiger partial charge is 0.0723 e. The number of aromatic amines is 4. The summed E-state index contributed by atoms with van der Waals surface area (Å²) in [5, 5.41) is 0. The number of H-pyrrole nitrogens is 4. The van der Waals surface area contributed by atoms with Gasteiger partial charge in [0.25, 0.3) is 0 Å². The van der Waals surface area contributed by atoms with Gasteiger partial charge < -0.3 is 19.9 Å². The number of aromatic nitrogens is 4. The summed E-state index contributed by atoms with van der Waals surface area (Å²) in [6, 6.07) is 39.7. The largest absolute Gasteiger partial charge is 0.360 e. The van der Waals surface area contributed by atoms with Gasteiger partial charge in [0.1, 0.15) is 0 Å². The molecule has 5 heterocycles. The Morgan fingerprint density at radius 3 is 0.810 bits per heavy atom. The van der Waals surface area contributed by atoms with Crippen molar-refractivity contribution >= 4 is 0 Å². The summed E-state index contributed by atoms with van der Waals surface area (Å²) in [6.07, 6.45) is 0. The van der Waals surface area contributed by atoms with Gasteiger partial charge in [0, 0.05) is 56.4 Å². The summed E-state index contributed by atoms with van der Waals surface area (Å²) in [5.74, 6) is 0. The van der Waals surface area contributed by atoms with Crippen LogP contribution in [0.25, 0.3) is 0 Å². The average molecular weight is 553 g/mol. The van der Waals surface area contributed by atoms with E-state index in [1.165, 1.54) is 33.9 Å². The Morgan fingerprint density at radius 2 is 0.548 bits per heavy atom. The van der Waals surface area contributed by atoms with Gasteiger partial charge in [0.15, 0.2) is 0 Å². The van der Waals surface area contributed by atoms with Crippen LogP contribution in [0.4, 0.5) is 0 Å².